The highest BCUT2D eigenvalue weighted by molar-refractivity contribution is 5.77. The molecule has 0 aromatic heterocycles. The molecule has 1 spiro atoms. The van der Waals surface area contributed by atoms with E-state index < -0.39 is 5.60 Å². The van der Waals surface area contributed by atoms with Crippen molar-refractivity contribution in [3.8, 4) is 0 Å². The van der Waals surface area contributed by atoms with E-state index in [1.54, 1.807) is 0 Å². The second-order valence-corrected chi connectivity index (χ2v) is 9.27. The van der Waals surface area contributed by atoms with Crippen molar-refractivity contribution in [2.75, 3.05) is 20.2 Å². The van der Waals surface area contributed by atoms with Crippen LogP contribution in [0, 0.1) is 16.7 Å². The Bertz CT molecular complexity index is 488. The number of amides is 1. The van der Waals surface area contributed by atoms with E-state index in [0.717, 1.165) is 51.6 Å². The maximum Gasteiger partial charge on any atom is 0.410 e. The highest BCUT2D eigenvalue weighted by Gasteiger charge is 2.50. The fourth-order valence-electron chi connectivity index (χ4n) is 4.44. The molecule has 1 aliphatic carbocycles. The smallest absolute Gasteiger partial charge is 0.410 e. The maximum atomic E-state index is 12.4. The van der Waals surface area contributed by atoms with Crippen LogP contribution in [-0.4, -0.2) is 42.8 Å². The molecule has 2 aliphatic rings. The fourth-order valence-corrected chi connectivity index (χ4v) is 4.44. The van der Waals surface area contributed by atoms with Crippen LogP contribution in [-0.2, 0) is 14.3 Å². The van der Waals surface area contributed by atoms with Gasteiger partial charge in [-0.25, -0.2) is 4.79 Å². The van der Waals surface area contributed by atoms with Crippen LogP contribution in [0.25, 0.3) is 0 Å². The molecule has 0 bridgehead atoms. The summed E-state index contributed by atoms with van der Waals surface area (Å²) in [6.45, 7) is 11.4. The van der Waals surface area contributed by atoms with Gasteiger partial charge in [-0.1, -0.05) is 13.8 Å². The Labute approximate surface area is 152 Å². The summed E-state index contributed by atoms with van der Waals surface area (Å²) in [7, 11) is 1.50. The second kappa shape index (κ2) is 7.16. The Hall–Kier alpha value is -1.26. The Kier molecular flexibility index (Phi) is 5.75. The third-order valence-corrected chi connectivity index (χ3v) is 6.38. The van der Waals surface area contributed by atoms with E-state index >= 15 is 0 Å². The van der Waals surface area contributed by atoms with Crippen LogP contribution in [0.3, 0.4) is 0 Å². The van der Waals surface area contributed by atoms with E-state index in [1.165, 1.54) is 7.11 Å². The number of hydrogen-bond donors (Lipinski definition) is 0. The van der Waals surface area contributed by atoms with Crippen LogP contribution in [0.4, 0.5) is 4.79 Å². The highest BCUT2D eigenvalue weighted by Crippen LogP contribution is 2.53. The van der Waals surface area contributed by atoms with Gasteiger partial charge in [-0.15, -0.1) is 0 Å². The van der Waals surface area contributed by atoms with Gasteiger partial charge in [0.2, 0.25) is 0 Å². The van der Waals surface area contributed by atoms with E-state index in [1.807, 2.05) is 25.7 Å². The van der Waals surface area contributed by atoms with Gasteiger partial charge in [0.15, 0.2) is 0 Å². The number of hydrogen-bond acceptors (Lipinski definition) is 4. The Morgan fingerprint density at radius 1 is 0.960 bits per heavy atom. The average molecular weight is 354 g/mol. The number of likely N-dealkylation sites (tertiary alicyclic amines) is 1. The van der Waals surface area contributed by atoms with Gasteiger partial charge in [-0.2, -0.15) is 0 Å². The molecule has 0 aromatic rings. The van der Waals surface area contributed by atoms with E-state index in [0.29, 0.717) is 5.92 Å². The monoisotopic (exact) mass is 353 g/mol. The van der Waals surface area contributed by atoms with Gasteiger partial charge in [-0.05, 0) is 70.6 Å². The number of nitrogens with zero attached hydrogens (tertiary/aromatic N) is 1. The van der Waals surface area contributed by atoms with Crippen molar-refractivity contribution in [2.45, 2.75) is 78.7 Å². The molecule has 144 valence electrons. The fraction of sp³-hybridized carbons (Fsp3) is 0.900. The first kappa shape index (κ1) is 20.1. The van der Waals surface area contributed by atoms with E-state index in [2.05, 4.69) is 13.8 Å². The van der Waals surface area contributed by atoms with Gasteiger partial charge >= 0.3 is 12.1 Å². The first-order valence-corrected chi connectivity index (χ1v) is 9.60. The van der Waals surface area contributed by atoms with Crippen molar-refractivity contribution in [1.82, 2.24) is 4.90 Å². The molecule has 5 nitrogen and oxygen atoms in total. The highest BCUT2D eigenvalue weighted by atomic mass is 16.6. The molecule has 0 radical (unpaired) electrons. The van der Waals surface area contributed by atoms with Crippen LogP contribution < -0.4 is 0 Å². The molecular formula is C20H35NO4. The molecule has 2 fully saturated rings. The molecule has 25 heavy (non-hydrogen) atoms. The van der Waals surface area contributed by atoms with Gasteiger partial charge in [0.1, 0.15) is 5.60 Å². The van der Waals surface area contributed by atoms with Crippen molar-refractivity contribution >= 4 is 12.1 Å². The van der Waals surface area contributed by atoms with Gasteiger partial charge in [-0.3, -0.25) is 4.79 Å². The van der Waals surface area contributed by atoms with E-state index in [4.69, 9.17) is 9.47 Å². The summed E-state index contributed by atoms with van der Waals surface area (Å²) in [6, 6.07) is 0. The lowest BCUT2D eigenvalue weighted by atomic mass is 9.57. The molecule has 0 atom stereocenters. The minimum absolute atomic E-state index is 0.0523. The molecule has 1 saturated carbocycles. The number of rotatable bonds is 2. The summed E-state index contributed by atoms with van der Waals surface area (Å²) in [5.41, 5.74) is -0.512. The van der Waals surface area contributed by atoms with Gasteiger partial charge in [0.25, 0.3) is 0 Å². The van der Waals surface area contributed by atoms with Crippen molar-refractivity contribution in [3.63, 3.8) is 0 Å². The van der Waals surface area contributed by atoms with E-state index in [9.17, 15) is 9.59 Å². The molecule has 0 aromatic carbocycles. The van der Waals surface area contributed by atoms with Crippen molar-refractivity contribution < 1.29 is 19.1 Å². The molecule has 1 saturated heterocycles. The summed E-state index contributed by atoms with van der Waals surface area (Å²) in [4.78, 5) is 26.5. The largest absolute Gasteiger partial charge is 0.469 e. The zero-order valence-electron chi connectivity index (χ0n) is 16.8. The minimum Gasteiger partial charge on any atom is -0.469 e. The average Bonchev–Trinajstić information content (AvgIpc) is 2.54. The molecule has 1 aliphatic heterocycles. The number of piperidine rings is 1. The third-order valence-electron chi connectivity index (χ3n) is 6.38. The summed E-state index contributed by atoms with van der Waals surface area (Å²) in [6.07, 6.45) is 5.67. The lowest BCUT2D eigenvalue weighted by Crippen LogP contribution is -2.49. The minimum atomic E-state index is -0.450. The van der Waals surface area contributed by atoms with Crippen LogP contribution >= 0.6 is 0 Å². The summed E-state index contributed by atoms with van der Waals surface area (Å²) in [5.74, 6) is 0.239. The molecular weight excluding hydrogens is 318 g/mol. The van der Waals surface area contributed by atoms with Crippen LogP contribution in [0.15, 0.2) is 0 Å². The molecule has 1 heterocycles. The maximum absolute atomic E-state index is 12.4. The molecule has 5 heteroatoms. The zero-order valence-corrected chi connectivity index (χ0v) is 16.8. The quantitative estimate of drug-likeness (QED) is 0.691. The number of esters is 1. The van der Waals surface area contributed by atoms with E-state index in [-0.39, 0.29) is 22.9 Å². The Morgan fingerprint density at radius 3 is 1.88 bits per heavy atom. The van der Waals surface area contributed by atoms with Crippen molar-refractivity contribution in [1.29, 1.82) is 0 Å². The third kappa shape index (κ3) is 4.29. The predicted octanol–water partition coefficient (Wildman–Crippen LogP) is 4.39. The lowest BCUT2D eigenvalue weighted by molar-refractivity contribution is -0.161. The summed E-state index contributed by atoms with van der Waals surface area (Å²) >= 11 is 0. The van der Waals surface area contributed by atoms with Crippen LogP contribution in [0.5, 0.6) is 0 Å². The topological polar surface area (TPSA) is 55.8 Å². The van der Waals surface area contributed by atoms with Crippen molar-refractivity contribution in [3.05, 3.63) is 0 Å². The van der Waals surface area contributed by atoms with Gasteiger partial charge in [0.05, 0.1) is 12.5 Å². The molecule has 0 unspecified atom stereocenters. The normalized spacial score (nSPS) is 22.8. The number of methoxy groups -OCH3 is 1. The Balaban J connectivity index is 1.95. The second-order valence-electron chi connectivity index (χ2n) is 9.27. The predicted molar refractivity (Wildman–Crippen MR) is 97.2 cm³/mol. The summed E-state index contributed by atoms with van der Waals surface area (Å²) in [5, 5.41) is 0. The first-order valence-electron chi connectivity index (χ1n) is 9.60. The van der Waals surface area contributed by atoms with Crippen LogP contribution in [0.2, 0.25) is 0 Å². The molecule has 1 amide bonds. The molecule has 0 N–H and O–H groups in total. The summed E-state index contributed by atoms with van der Waals surface area (Å²) < 4.78 is 10.6. The molecule has 2 rings (SSSR count). The Morgan fingerprint density at radius 2 is 1.48 bits per heavy atom. The zero-order chi connectivity index (χ0) is 18.9. The number of carbonyl (C=O) groups is 2. The van der Waals surface area contributed by atoms with Crippen LogP contribution in [0.1, 0.15) is 73.1 Å². The first-order chi connectivity index (χ1) is 11.5. The lowest BCUT2D eigenvalue weighted by Gasteiger charge is -2.50. The van der Waals surface area contributed by atoms with Crippen molar-refractivity contribution in [2.24, 2.45) is 16.7 Å². The number of carbonyl (C=O) groups excluding carboxylic acids is 2. The van der Waals surface area contributed by atoms with Gasteiger partial charge < -0.3 is 14.4 Å². The standard InChI is InChI=1S/C20H35NO4/c1-15(2)20(16(22)24-6)9-7-19(8-10-20)11-13-21(14-12-19)17(23)25-18(3,4)5/h15H,7-14H2,1-6H3. The van der Waals surface area contributed by atoms with Gasteiger partial charge in [0, 0.05) is 13.1 Å². The number of ether oxygens (including phenoxy) is 2. The SMILES string of the molecule is COC(=O)C1(C(C)C)CCC2(CCN(C(=O)OC(C)(C)C)CC2)CC1.